The fourth-order valence-electron chi connectivity index (χ4n) is 0.103. The molecule has 48 valence electrons. The van der Waals surface area contributed by atoms with Gasteiger partial charge in [0.25, 0.3) is 0 Å². The highest BCUT2D eigenvalue weighted by molar-refractivity contribution is 5.70. The minimum Gasteiger partial charge on any atom is -0.350 e. The molecule has 0 fully saturated rings. The van der Waals surface area contributed by atoms with E-state index in [2.05, 4.69) is 10.6 Å². The Bertz CT molecular complexity index is 86.1. The number of urea groups is 1. The maximum absolute atomic E-state index is 10.9. The van der Waals surface area contributed by atoms with E-state index >= 15 is 0 Å². The molecule has 0 radical (unpaired) electrons. The summed E-state index contributed by atoms with van der Waals surface area (Å²) in [5.74, 6) is 0. The van der Waals surface area contributed by atoms with Crippen LogP contribution in [0.1, 0.15) is 0 Å². The molecule has 0 bridgehead atoms. The minimum absolute atomic E-state index is 1.15. The Morgan fingerprint density at radius 1 is 1.75 bits per heavy atom. The zero-order valence-corrected chi connectivity index (χ0v) is 3.73. The largest absolute Gasteiger partial charge is 0.364 e. The summed E-state index contributed by atoms with van der Waals surface area (Å²) in [5, 5.41) is 0. The highest BCUT2D eigenvalue weighted by Crippen LogP contribution is 1.88. The molecular formula is C2H4F2N2O2. The number of carbonyl (C=O) groups excluding carboxylic acids is 1. The van der Waals surface area contributed by atoms with E-state index in [4.69, 9.17) is 0 Å². The molecule has 0 atom stereocenters. The van der Waals surface area contributed by atoms with Gasteiger partial charge in [0.1, 0.15) is 0 Å². The van der Waals surface area contributed by atoms with E-state index in [0.717, 1.165) is 0 Å². The van der Waals surface area contributed by atoms with Crippen molar-refractivity contribution in [1.82, 2.24) is 5.48 Å². The zero-order valence-electron chi connectivity index (χ0n) is 3.73. The summed E-state index contributed by atoms with van der Waals surface area (Å²) in [7, 11) is 0. The molecule has 3 N–H and O–H groups in total. The van der Waals surface area contributed by atoms with Gasteiger partial charge < -0.3 is 5.73 Å². The Kier molecular flexibility index (Phi) is 2.78. The highest BCUT2D eigenvalue weighted by Gasteiger charge is 2.01. The molecule has 0 aliphatic heterocycles. The summed E-state index contributed by atoms with van der Waals surface area (Å²) in [6, 6.07) is -1.15. The van der Waals surface area contributed by atoms with Gasteiger partial charge in [-0.25, -0.2) is 15.1 Å². The molecular weight excluding hydrogens is 122 g/mol. The van der Waals surface area contributed by atoms with Crippen molar-refractivity contribution in [1.29, 1.82) is 0 Å². The maximum atomic E-state index is 10.9. The summed E-state index contributed by atoms with van der Waals surface area (Å²) < 4.78 is 21.8. The van der Waals surface area contributed by atoms with Crippen molar-refractivity contribution in [3.63, 3.8) is 0 Å². The topological polar surface area (TPSA) is 64.4 Å². The normalized spacial score (nSPS) is 9.38. The smallest absolute Gasteiger partial charge is 0.350 e. The molecule has 0 spiro atoms. The first kappa shape index (κ1) is 7.09. The quantitative estimate of drug-likeness (QED) is 0.503. The SMILES string of the molecule is NC(=O)NOC(F)F. The monoisotopic (exact) mass is 126 g/mol. The summed E-state index contributed by atoms with van der Waals surface area (Å²) in [5.41, 5.74) is 5.57. The van der Waals surface area contributed by atoms with E-state index in [9.17, 15) is 13.6 Å². The lowest BCUT2D eigenvalue weighted by molar-refractivity contribution is -0.158. The van der Waals surface area contributed by atoms with Gasteiger partial charge in [-0.3, -0.25) is 0 Å². The molecule has 0 saturated heterocycles. The lowest BCUT2D eigenvalue weighted by Crippen LogP contribution is -2.31. The predicted octanol–water partition coefficient (Wildman–Crippen LogP) is -0.191. The van der Waals surface area contributed by atoms with Crippen LogP contribution in [0.3, 0.4) is 0 Å². The van der Waals surface area contributed by atoms with Crippen LogP contribution >= 0.6 is 0 Å². The number of nitrogens with one attached hydrogen (secondary N) is 1. The fraction of sp³-hybridized carbons (Fsp3) is 0.500. The predicted molar refractivity (Wildman–Crippen MR) is 19.8 cm³/mol. The Balaban J connectivity index is 3.05. The van der Waals surface area contributed by atoms with E-state index in [-0.39, 0.29) is 0 Å². The van der Waals surface area contributed by atoms with E-state index in [1.54, 1.807) is 0 Å². The van der Waals surface area contributed by atoms with Crippen LogP contribution in [-0.4, -0.2) is 12.6 Å². The van der Waals surface area contributed by atoms with Crippen LogP contribution in [-0.2, 0) is 4.84 Å². The molecule has 2 amide bonds. The molecule has 6 heteroatoms. The Labute approximate surface area is 43.6 Å². The number of hydrogen-bond acceptors (Lipinski definition) is 2. The van der Waals surface area contributed by atoms with Gasteiger partial charge in [-0.05, 0) is 0 Å². The first-order chi connectivity index (χ1) is 3.63. The van der Waals surface area contributed by atoms with E-state index in [1.165, 1.54) is 5.48 Å². The first-order valence-electron chi connectivity index (χ1n) is 1.62. The van der Waals surface area contributed by atoms with E-state index in [0.29, 0.717) is 0 Å². The average Bonchev–Trinajstić information content (AvgIpc) is 1.61. The number of carbonyl (C=O) groups is 1. The first-order valence-corrected chi connectivity index (χ1v) is 1.62. The molecule has 0 rings (SSSR count). The third-order valence-electron chi connectivity index (χ3n) is 0.249. The lowest BCUT2D eigenvalue weighted by atomic mass is 11.2. The Morgan fingerprint density at radius 3 is 2.38 bits per heavy atom. The number of halogens is 2. The number of amides is 2. The number of hydroxylamine groups is 1. The van der Waals surface area contributed by atoms with Gasteiger partial charge in [0.2, 0.25) is 0 Å². The summed E-state index contributed by atoms with van der Waals surface area (Å²) in [6.07, 6.45) is 0. The van der Waals surface area contributed by atoms with Gasteiger partial charge in [-0.2, -0.15) is 8.78 Å². The number of primary amides is 1. The summed E-state index contributed by atoms with van der Waals surface area (Å²) >= 11 is 0. The maximum Gasteiger partial charge on any atom is 0.364 e. The Hall–Kier alpha value is -0.910. The Morgan fingerprint density at radius 2 is 2.25 bits per heavy atom. The molecule has 0 unspecified atom stereocenters. The highest BCUT2D eigenvalue weighted by atomic mass is 19.3. The second-order valence-electron chi connectivity index (χ2n) is 0.845. The van der Waals surface area contributed by atoms with Crippen LogP contribution < -0.4 is 11.2 Å². The molecule has 0 saturated carbocycles. The number of rotatable bonds is 2. The average molecular weight is 126 g/mol. The molecule has 0 aliphatic carbocycles. The van der Waals surface area contributed by atoms with E-state index in [1.807, 2.05) is 0 Å². The molecule has 0 aromatic heterocycles. The van der Waals surface area contributed by atoms with Crippen LogP contribution in [0.25, 0.3) is 0 Å². The lowest BCUT2D eigenvalue weighted by Gasteiger charge is -1.97. The summed E-state index contributed by atoms with van der Waals surface area (Å²) in [4.78, 5) is 12.8. The van der Waals surface area contributed by atoms with Crippen LogP contribution in [0.5, 0.6) is 0 Å². The van der Waals surface area contributed by atoms with Crippen molar-refractivity contribution in [2.24, 2.45) is 5.73 Å². The zero-order chi connectivity index (χ0) is 6.57. The van der Waals surface area contributed by atoms with Gasteiger partial charge in [0.15, 0.2) is 0 Å². The van der Waals surface area contributed by atoms with Crippen LogP contribution in [0.15, 0.2) is 0 Å². The third-order valence-corrected chi connectivity index (χ3v) is 0.249. The molecule has 0 aliphatic rings. The van der Waals surface area contributed by atoms with Crippen molar-refractivity contribution in [2.45, 2.75) is 6.61 Å². The number of hydrogen-bond donors (Lipinski definition) is 2. The molecule has 8 heavy (non-hydrogen) atoms. The van der Waals surface area contributed by atoms with E-state index < -0.39 is 12.6 Å². The van der Waals surface area contributed by atoms with Crippen LogP contribution in [0, 0.1) is 0 Å². The minimum atomic E-state index is -3.03. The second-order valence-corrected chi connectivity index (χ2v) is 0.845. The van der Waals surface area contributed by atoms with Gasteiger partial charge in [-0.15, -0.1) is 0 Å². The fourth-order valence-corrected chi connectivity index (χ4v) is 0.103. The van der Waals surface area contributed by atoms with Gasteiger partial charge >= 0.3 is 12.6 Å². The van der Waals surface area contributed by atoms with Gasteiger partial charge in [0, 0.05) is 0 Å². The van der Waals surface area contributed by atoms with Gasteiger partial charge in [-0.1, -0.05) is 0 Å². The van der Waals surface area contributed by atoms with Crippen molar-refractivity contribution in [3.05, 3.63) is 0 Å². The molecule has 0 heterocycles. The number of alkyl halides is 2. The third kappa shape index (κ3) is 5.09. The van der Waals surface area contributed by atoms with Crippen molar-refractivity contribution in [3.8, 4) is 0 Å². The van der Waals surface area contributed by atoms with Crippen LogP contribution in [0.2, 0.25) is 0 Å². The standard InChI is InChI=1S/C2H4F2N2O2/c3-1(4)8-6-2(5)7/h1H,(H3,5,6,7). The number of nitrogens with two attached hydrogens (primary N) is 1. The summed E-state index contributed by atoms with van der Waals surface area (Å²) in [6.45, 7) is -3.03. The van der Waals surface area contributed by atoms with Crippen LogP contribution in [0.4, 0.5) is 13.6 Å². The van der Waals surface area contributed by atoms with Crippen molar-refractivity contribution in [2.75, 3.05) is 0 Å². The van der Waals surface area contributed by atoms with Crippen molar-refractivity contribution < 1.29 is 18.4 Å². The van der Waals surface area contributed by atoms with Crippen molar-refractivity contribution >= 4 is 6.03 Å². The second kappa shape index (κ2) is 3.14. The van der Waals surface area contributed by atoms with Gasteiger partial charge in [0.05, 0.1) is 0 Å². The molecule has 0 aromatic rings. The molecule has 4 nitrogen and oxygen atoms in total. The molecule has 0 aromatic carbocycles.